The van der Waals surface area contributed by atoms with Crippen molar-refractivity contribution in [2.75, 3.05) is 0 Å². The molecule has 0 fully saturated rings. The molecule has 2 unspecified atom stereocenters. The molecule has 2 nitrogen and oxygen atoms in total. The molecule has 0 amide bonds. The molecule has 0 saturated carbocycles. The zero-order valence-electron chi connectivity index (χ0n) is 17.0. The van der Waals surface area contributed by atoms with Crippen LogP contribution in [0.25, 0.3) is 12.2 Å². The fraction of sp³-hybridized carbons (Fsp3) is 0.609. The lowest BCUT2D eigenvalue weighted by atomic mass is 9.59. The average Bonchev–Trinajstić information content (AvgIpc) is 2.52. The van der Waals surface area contributed by atoms with Crippen LogP contribution in [0.4, 0.5) is 0 Å². The molecule has 25 heavy (non-hydrogen) atoms. The molecule has 1 aromatic rings. The Labute approximate surface area is 153 Å². The first-order chi connectivity index (χ1) is 11.5. The van der Waals surface area contributed by atoms with E-state index in [4.69, 9.17) is 4.74 Å². The summed E-state index contributed by atoms with van der Waals surface area (Å²) in [6, 6.07) is 8.25. The highest BCUT2D eigenvalue weighted by Gasteiger charge is 2.49. The highest BCUT2D eigenvalue weighted by molar-refractivity contribution is 5.78. The fourth-order valence-corrected chi connectivity index (χ4v) is 3.75. The van der Waals surface area contributed by atoms with Crippen molar-refractivity contribution in [3.63, 3.8) is 0 Å². The number of hydrogen-bond acceptors (Lipinski definition) is 2. The molecule has 0 N–H and O–H groups in total. The van der Waals surface area contributed by atoms with Crippen molar-refractivity contribution < 1.29 is 9.53 Å². The van der Waals surface area contributed by atoms with E-state index in [0.29, 0.717) is 0 Å². The van der Waals surface area contributed by atoms with Crippen molar-refractivity contribution >= 4 is 18.1 Å². The van der Waals surface area contributed by atoms with E-state index in [1.807, 2.05) is 12.1 Å². The van der Waals surface area contributed by atoms with Crippen LogP contribution < -0.4 is 10.4 Å². The van der Waals surface area contributed by atoms with Crippen molar-refractivity contribution in [2.24, 2.45) is 16.2 Å². The van der Waals surface area contributed by atoms with E-state index in [9.17, 15) is 4.79 Å². The van der Waals surface area contributed by atoms with E-state index in [1.54, 1.807) is 0 Å². The Kier molecular flexibility index (Phi) is 5.51. The Balaban J connectivity index is 2.28. The van der Waals surface area contributed by atoms with Crippen LogP contribution in [0.2, 0.25) is 0 Å². The summed E-state index contributed by atoms with van der Waals surface area (Å²) in [5.41, 5.74) is -0.562. The van der Waals surface area contributed by atoms with Crippen molar-refractivity contribution in [2.45, 2.75) is 73.8 Å². The molecule has 0 bridgehead atoms. The van der Waals surface area contributed by atoms with Gasteiger partial charge in [0.1, 0.15) is 6.10 Å². The number of benzene rings is 1. The van der Waals surface area contributed by atoms with Gasteiger partial charge in [-0.2, -0.15) is 0 Å². The first-order valence-corrected chi connectivity index (χ1v) is 9.47. The minimum atomic E-state index is -0.509. The van der Waals surface area contributed by atoms with Crippen LogP contribution in [0.3, 0.4) is 0 Å². The molecule has 0 radical (unpaired) electrons. The smallest absolute Gasteiger partial charge is 0.312 e. The second-order valence-electron chi connectivity index (χ2n) is 9.49. The van der Waals surface area contributed by atoms with Crippen LogP contribution in [0.1, 0.15) is 67.7 Å². The molecule has 0 saturated heterocycles. The summed E-state index contributed by atoms with van der Waals surface area (Å²) < 4.78 is 6.02. The van der Waals surface area contributed by atoms with Crippen LogP contribution in [-0.4, -0.2) is 12.1 Å². The van der Waals surface area contributed by atoms with Crippen molar-refractivity contribution in [1.29, 1.82) is 0 Å². The van der Waals surface area contributed by atoms with Crippen molar-refractivity contribution in [1.82, 2.24) is 0 Å². The van der Waals surface area contributed by atoms with E-state index in [2.05, 4.69) is 72.8 Å². The molecule has 1 aromatic carbocycles. The molecule has 1 aliphatic carbocycles. The van der Waals surface area contributed by atoms with Crippen LogP contribution in [0, 0.1) is 16.2 Å². The van der Waals surface area contributed by atoms with Gasteiger partial charge in [0.25, 0.3) is 0 Å². The topological polar surface area (TPSA) is 26.3 Å². The normalized spacial score (nSPS) is 19.9. The van der Waals surface area contributed by atoms with Gasteiger partial charge in [-0.1, -0.05) is 71.9 Å². The summed E-state index contributed by atoms with van der Waals surface area (Å²) in [6.07, 6.45) is 6.59. The molecule has 2 atom stereocenters. The third-order valence-corrected chi connectivity index (χ3v) is 5.90. The standard InChI is InChI=1S/C23H34O2/c1-8-22(5,6)23(7,16-21(2,3)4)20(24)25-19-14-13-17-11-9-10-12-18(17)15-19/h9-13,15,19H,8,14,16H2,1-7H3. The van der Waals surface area contributed by atoms with Crippen LogP contribution in [0.5, 0.6) is 0 Å². The molecular formula is C23H34O2. The molecular weight excluding hydrogens is 308 g/mol. The number of hydrogen-bond donors (Lipinski definition) is 0. The number of carbonyl (C=O) groups is 1. The number of ether oxygens (including phenoxy) is 1. The monoisotopic (exact) mass is 342 g/mol. The van der Waals surface area contributed by atoms with Gasteiger partial charge in [-0.25, -0.2) is 0 Å². The van der Waals surface area contributed by atoms with E-state index in [-0.39, 0.29) is 22.9 Å². The maximum absolute atomic E-state index is 13.3. The Bertz CT molecular complexity index is 736. The van der Waals surface area contributed by atoms with Gasteiger partial charge in [-0.3, -0.25) is 4.79 Å². The van der Waals surface area contributed by atoms with Crippen LogP contribution >= 0.6 is 0 Å². The second-order valence-corrected chi connectivity index (χ2v) is 9.49. The quantitative estimate of drug-likeness (QED) is 0.739. The van der Waals surface area contributed by atoms with Gasteiger partial charge in [-0.15, -0.1) is 0 Å². The summed E-state index contributed by atoms with van der Waals surface area (Å²) in [4.78, 5) is 13.3. The Morgan fingerprint density at radius 3 is 2.24 bits per heavy atom. The van der Waals surface area contributed by atoms with Gasteiger partial charge in [0.05, 0.1) is 5.41 Å². The number of carbonyl (C=O) groups excluding carboxylic acids is 1. The van der Waals surface area contributed by atoms with E-state index in [1.165, 1.54) is 5.22 Å². The van der Waals surface area contributed by atoms with Gasteiger partial charge in [0, 0.05) is 6.42 Å². The van der Waals surface area contributed by atoms with Gasteiger partial charge in [0.15, 0.2) is 0 Å². The van der Waals surface area contributed by atoms with Gasteiger partial charge >= 0.3 is 5.97 Å². The van der Waals surface area contributed by atoms with E-state index in [0.717, 1.165) is 24.5 Å². The second kappa shape index (κ2) is 6.97. The number of fused-ring (bicyclic) bond motifs is 1. The summed E-state index contributed by atoms with van der Waals surface area (Å²) in [7, 11) is 0. The Morgan fingerprint density at radius 1 is 1.08 bits per heavy atom. The zero-order chi connectivity index (χ0) is 18.9. The summed E-state index contributed by atoms with van der Waals surface area (Å²) in [5, 5.41) is 2.37. The molecule has 0 heterocycles. The lowest BCUT2D eigenvalue weighted by Gasteiger charge is -2.45. The first kappa shape index (κ1) is 19.8. The van der Waals surface area contributed by atoms with Crippen molar-refractivity contribution in [3.05, 3.63) is 34.7 Å². The minimum absolute atomic E-state index is 0.0647. The summed E-state index contributed by atoms with van der Waals surface area (Å²) in [6.45, 7) is 15.2. The molecule has 0 spiro atoms. The third kappa shape index (κ3) is 4.34. The predicted octanol–water partition coefficient (Wildman–Crippen LogP) is 4.44. The molecule has 1 aliphatic rings. The Hall–Kier alpha value is -1.57. The van der Waals surface area contributed by atoms with Crippen LogP contribution in [-0.2, 0) is 9.53 Å². The van der Waals surface area contributed by atoms with Gasteiger partial charge in [0.2, 0.25) is 0 Å². The zero-order valence-corrected chi connectivity index (χ0v) is 17.0. The van der Waals surface area contributed by atoms with E-state index < -0.39 is 5.41 Å². The van der Waals surface area contributed by atoms with Gasteiger partial charge in [-0.05, 0) is 47.1 Å². The predicted molar refractivity (Wildman–Crippen MR) is 105 cm³/mol. The summed E-state index contributed by atoms with van der Waals surface area (Å²) >= 11 is 0. The minimum Gasteiger partial charge on any atom is -0.457 e. The number of rotatable bonds is 5. The summed E-state index contributed by atoms with van der Waals surface area (Å²) in [5.74, 6) is -0.0664. The SMILES string of the molecule is CCC(C)(C)C(C)(CC(C)(C)C)C(=O)OC1C=c2ccccc2=CC1. The highest BCUT2D eigenvalue weighted by atomic mass is 16.5. The van der Waals surface area contributed by atoms with Crippen LogP contribution in [0.15, 0.2) is 24.3 Å². The molecule has 0 aliphatic heterocycles. The highest BCUT2D eigenvalue weighted by Crippen LogP contribution is 2.49. The third-order valence-electron chi connectivity index (χ3n) is 5.90. The van der Waals surface area contributed by atoms with Gasteiger partial charge < -0.3 is 4.74 Å². The molecule has 0 aromatic heterocycles. The fourth-order valence-electron chi connectivity index (χ4n) is 3.75. The van der Waals surface area contributed by atoms with E-state index >= 15 is 0 Å². The maximum Gasteiger partial charge on any atom is 0.312 e. The first-order valence-electron chi connectivity index (χ1n) is 9.47. The maximum atomic E-state index is 13.3. The Morgan fingerprint density at radius 2 is 1.68 bits per heavy atom. The molecule has 138 valence electrons. The number of esters is 1. The lowest BCUT2D eigenvalue weighted by Crippen LogP contribution is -2.47. The molecule has 2 rings (SSSR count). The molecule has 2 heteroatoms. The van der Waals surface area contributed by atoms with Crippen molar-refractivity contribution in [3.8, 4) is 0 Å². The lowest BCUT2D eigenvalue weighted by molar-refractivity contribution is -0.168. The largest absolute Gasteiger partial charge is 0.457 e. The average molecular weight is 343 g/mol.